The van der Waals surface area contributed by atoms with Gasteiger partial charge in [0, 0.05) is 24.3 Å². The van der Waals surface area contributed by atoms with Crippen LogP contribution < -0.4 is 4.90 Å². The van der Waals surface area contributed by atoms with Crippen molar-refractivity contribution in [3.8, 4) is 6.07 Å². The van der Waals surface area contributed by atoms with Crippen LogP contribution in [0.15, 0.2) is 42.5 Å². The highest BCUT2D eigenvalue weighted by atomic mass is 19.1. The molecule has 0 heterocycles. The van der Waals surface area contributed by atoms with Gasteiger partial charge in [0.15, 0.2) is 0 Å². The standard InChI is InChI=1S/C17H17FN2/c1-3-20(16-6-4-5-13(2)9-16)12-15-10-14(11-19)7-8-17(15)18/h4-10H,3,12H2,1-2H3. The normalized spacial score (nSPS) is 10.1. The Morgan fingerprint density at radius 3 is 2.65 bits per heavy atom. The zero-order chi connectivity index (χ0) is 14.5. The lowest BCUT2D eigenvalue weighted by Gasteiger charge is -2.24. The largest absolute Gasteiger partial charge is 0.367 e. The molecule has 0 aliphatic heterocycles. The molecule has 0 bridgehead atoms. The van der Waals surface area contributed by atoms with Crippen molar-refractivity contribution in [2.75, 3.05) is 11.4 Å². The Morgan fingerprint density at radius 2 is 2.00 bits per heavy atom. The first-order chi connectivity index (χ1) is 9.63. The summed E-state index contributed by atoms with van der Waals surface area (Å²) in [7, 11) is 0. The number of anilines is 1. The van der Waals surface area contributed by atoms with Gasteiger partial charge >= 0.3 is 0 Å². The van der Waals surface area contributed by atoms with E-state index in [0.717, 1.165) is 12.2 Å². The topological polar surface area (TPSA) is 27.0 Å². The summed E-state index contributed by atoms with van der Waals surface area (Å²) in [6.45, 7) is 5.31. The van der Waals surface area contributed by atoms with Crippen LogP contribution in [-0.2, 0) is 6.54 Å². The predicted molar refractivity (Wildman–Crippen MR) is 79.0 cm³/mol. The Kier molecular flexibility index (Phi) is 4.37. The molecule has 102 valence electrons. The van der Waals surface area contributed by atoms with Gasteiger partial charge in [0.05, 0.1) is 11.6 Å². The van der Waals surface area contributed by atoms with Gasteiger partial charge in [-0.15, -0.1) is 0 Å². The Hall–Kier alpha value is -2.34. The minimum absolute atomic E-state index is 0.268. The molecule has 2 rings (SSSR count). The van der Waals surface area contributed by atoms with Gasteiger partial charge in [-0.25, -0.2) is 4.39 Å². The Labute approximate surface area is 119 Å². The van der Waals surface area contributed by atoms with Gasteiger partial charge in [-0.05, 0) is 49.7 Å². The maximum atomic E-state index is 13.9. The quantitative estimate of drug-likeness (QED) is 0.837. The second-order valence-electron chi connectivity index (χ2n) is 4.77. The van der Waals surface area contributed by atoms with Crippen LogP contribution in [0.4, 0.5) is 10.1 Å². The van der Waals surface area contributed by atoms with Gasteiger partial charge < -0.3 is 4.90 Å². The van der Waals surface area contributed by atoms with Gasteiger partial charge in [-0.2, -0.15) is 5.26 Å². The van der Waals surface area contributed by atoms with Crippen LogP contribution in [0.5, 0.6) is 0 Å². The van der Waals surface area contributed by atoms with E-state index in [9.17, 15) is 4.39 Å². The van der Waals surface area contributed by atoms with E-state index in [1.54, 1.807) is 6.07 Å². The van der Waals surface area contributed by atoms with Crippen LogP contribution in [0, 0.1) is 24.1 Å². The molecule has 0 radical (unpaired) electrons. The SMILES string of the molecule is CCN(Cc1cc(C#N)ccc1F)c1cccc(C)c1. The van der Waals surface area contributed by atoms with Crippen LogP contribution in [-0.4, -0.2) is 6.54 Å². The molecule has 0 N–H and O–H groups in total. The number of rotatable bonds is 4. The molecule has 0 fully saturated rings. The smallest absolute Gasteiger partial charge is 0.128 e. The fourth-order valence-corrected chi connectivity index (χ4v) is 2.18. The monoisotopic (exact) mass is 268 g/mol. The van der Waals surface area contributed by atoms with E-state index in [-0.39, 0.29) is 5.82 Å². The van der Waals surface area contributed by atoms with E-state index >= 15 is 0 Å². The van der Waals surface area contributed by atoms with Crippen LogP contribution in [0.3, 0.4) is 0 Å². The third kappa shape index (κ3) is 3.16. The van der Waals surface area contributed by atoms with Gasteiger partial charge in [0.25, 0.3) is 0 Å². The van der Waals surface area contributed by atoms with Crippen molar-refractivity contribution in [1.29, 1.82) is 5.26 Å². The zero-order valence-corrected chi connectivity index (χ0v) is 11.7. The number of hydrogen-bond acceptors (Lipinski definition) is 2. The molecule has 0 saturated carbocycles. The summed E-state index contributed by atoms with van der Waals surface area (Å²) in [6, 6.07) is 14.7. The number of halogens is 1. The molecule has 0 amide bonds. The predicted octanol–water partition coefficient (Wildman–Crippen LogP) is 4.03. The number of benzene rings is 2. The highest BCUT2D eigenvalue weighted by molar-refractivity contribution is 5.49. The van der Waals surface area contributed by atoms with E-state index in [1.165, 1.54) is 17.7 Å². The molecule has 2 aromatic rings. The van der Waals surface area contributed by atoms with Gasteiger partial charge in [-0.3, -0.25) is 0 Å². The van der Waals surface area contributed by atoms with Gasteiger partial charge in [-0.1, -0.05) is 12.1 Å². The van der Waals surface area contributed by atoms with Crippen molar-refractivity contribution in [1.82, 2.24) is 0 Å². The lowest BCUT2D eigenvalue weighted by Crippen LogP contribution is -2.22. The molecule has 0 aliphatic carbocycles. The van der Waals surface area contributed by atoms with Crippen molar-refractivity contribution >= 4 is 5.69 Å². The van der Waals surface area contributed by atoms with E-state index in [4.69, 9.17) is 5.26 Å². The van der Waals surface area contributed by atoms with Crippen molar-refractivity contribution < 1.29 is 4.39 Å². The maximum absolute atomic E-state index is 13.9. The summed E-state index contributed by atoms with van der Waals surface area (Å²) in [5.74, 6) is -0.268. The minimum Gasteiger partial charge on any atom is -0.367 e. The van der Waals surface area contributed by atoms with Crippen LogP contribution in [0.2, 0.25) is 0 Å². The summed E-state index contributed by atoms with van der Waals surface area (Å²) in [6.07, 6.45) is 0. The summed E-state index contributed by atoms with van der Waals surface area (Å²) in [4.78, 5) is 2.09. The van der Waals surface area contributed by atoms with Gasteiger partial charge in [0.1, 0.15) is 5.82 Å². The summed E-state index contributed by atoms with van der Waals surface area (Å²) in [5, 5.41) is 8.91. The van der Waals surface area contributed by atoms with Crippen molar-refractivity contribution in [2.24, 2.45) is 0 Å². The second kappa shape index (κ2) is 6.21. The highest BCUT2D eigenvalue weighted by Crippen LogP contribution is 2.20. The number of nitriles is 1. The van der Waals surface area contributed by atoms with Crippen molar-refractivity contribution in [2.45, 2.75) is 20.4 Å². The summed E-state index contributed by atoms with van der Waals surface area (Å²) in [5.41, 5.74) is 3.27. The lowest BCUT2D eigenvalue weighted by atomic mass is 10.1. The minimum atomic E-state index is -0.268. The Balaban J connectivity index is 2.29. The summed E-state index contributed by atoms with van der Waals surface area (Å²) < 4.78 is 13.9. The molecule has 3 heteroatoms. The molecule has 0 saturated heterocycles. The van der Waals surface area contributed by atoms with E-state index in [0.29, 0.717) is 17.7 Å². The molecule has 0 atom stereocenters. The zero-order valence-electron chi connectivity index (χ0n) is 11.7. The third-order valence-corrected chi connectivity index (χ3v) is 3.28. The maximum Gasteiger partial charge on any atom is 0.128 e. The average Bonchev–Trinajstić information content (AvgIpc) is 2.46. The highest BCUT2D eigenvalue weighted by Gasteiger charge is 2.10. The van der Waals surface area contributed by atoms with Crippen LogP contribution in [0.1, 0.15) is 23.6 Å². The van der Waals surface area contributed by atoms with Crippen molar-refractivity contribution in [3.05, 3.63) is 65.0 Å². The first-order valence-electron chi connectivity index (χ1n) is 6.64. The number of nitrogens with zero attached hydrogens (tertiary/aromatic N) is 2. The third-order valence-electron chi connectivity index (χ3n) is 3.28. The Bertz CT molecular complexity index is 644. The summed E-state index contributed by atoms with van der Waals surface area (Å²) >= 11 is 0. The lowest BCUT2D eigenvalue weighted by molar-refractivity contribution is 0.605. The van der Waals surface area contributed by atoms with Crippen LogP contribution >= 0.6 is 0 Å². The van der Waals surface area contributed by atoms with E-state index in [1.807, 2.05) is 38.1 Å². The molecule has 0 aliphatic rings. The number of hydrogen-bond donors (Lipinski definition) is 0. The molecule has 0 spiro atoms. The first-order valence-corrected chi connectivity index (χ1v) is 6.64. The second-order valence-corrected chi connectivity index (χ2v) is 4.77. The molecular weight excluding hydrogens is 251 g/mol. The Morgan fingerprint density at radius 1 is 1.20 bits per heavy atom. The van der Waals surface area contributed by atoms with Crippen molar-refractivity contribution in [3.63, 3.8) is 0 Å². The fraction of sp³-hybridized carbons (Fsp3) is 0.235. The number of aryl methyl sites for hydroxylation is 1. The molecule has 2 nitrogen and oxygen atoms in total. The molecule has 0 unspecified atom stereocenters. The van der Waals surface area contributed by atoms with E-state index in [2.05, 4.69) is 11.0 Å². The average molecular weight is 268 g/mol. The van der Waals surface area contributed by atoms with E-state index < -0.39 is 0 Å². The molecular formula is C17H17FN2. The van der Waals surface area contributed by atoms with Crippen LogP contribution in [0.25, 0.3) is 0 Å². The molecule has 2 aromatic carbocycles. The van der Waals surface area contributed by atoms with Gasteiger partial charge in [0.2, 0.25) is 0 Å². The first kappa shape index (κ1) is 14.1. The molecule has 20 heavy (non-hydrogen) atoms. The fourth-order valence-electron chi connectivity index (χ4n) is 2.18. The molecule has 0 aromatic heterocycles.